The van der Waals surface area contributed by atoms with Crippen LogP contribution in [-0.4, -0.2) is 45.6 Å². The van der Waals surface area contributed by atoms with Gasteiger partial charge in [0.25, 0.3) is 0 Å². The highest BCUT2D eigenvalue weighted by molar-refractivity contribution is 6.74. The minimum absolute atomic E-state index is 0.0954. The van der Waals surface area contributed by atoms with Crippen molar-refractivity contribution in [2.24, 2.45) is 0 Å². The zero-order chi connectivity index (χ0) is 15.7. The number of hydrogen-bond acceptors (Lipinski definition) is 4. The highest BCUT2D eigenvalue weighted by atomic mass is 28.4. The summed E-state index contributed by atoms with van der Waals surface area (Å²) in [4.78, 5) is 10.8. The standard InChI is InChI=1S/C16H30O4Si/c1-16(2,3)21(4,5)18-11-13-7-9-15(20-13)14-8-6-12(10-17)19-14/h10,12-15H,6-9,11H2,1-5H3/t12-,13-,14-,15-/m1/s1. The molecule has 4 atom stereocenters. The van der Waals surface area contributed by atoms with Gasteiger partial charge in [-0.2, -0.15) is 0 Å². The maximum absolute atomic E-state index is 10.8. The Morgan fingerprint density at radius 1 is 1.10 bits per heavy atom. The van der Waals surface area contributed by atoms with Gasteiger partial charge in [-0.3, -0.25) is 0 Å². The predicted octanol–water partition coefficient (Wildman–Crippen LogP) is 3.30. The van der Waals surface area contributed by atoms with Crippen LogP contribution in [0.2, 0.25) is 18.1 Å². The van der Waals surface area contributed by atoms with Crippen molar-refractivity contribution in [3.8, 4) is 0 Å². The molecule has 122 valence electrons. The molecule has 0 unspecified atom stereocenters. The molecule has 0 radical (unpaired) electrons. The van der Waals surface area contributed by atoms with E-state index >= 15 is 0 Å². The molecule has 2 rings (SSSR count). The molecule has 5 heteroatoms. The summed E-state index contributed by atoms with van der Waals surface area (Å²) in [5.41, 5.74) is 0. The molecule has 2 saturated heterocycles. The molecule has 0 aromatic heterocycles. The van der Waals surface area contributed by atoms with Gasteiger partial charge in [0.05, 0.1) is 24.9 Å². The fourth-order valence-corrected chi connectivity index (χ4v) is 3.75. The van der Waals surface area contributed by atoms with E-state index in [-0.39, 0.29) is 29.5 Å². The van der Waals surface area contributed by atoms with Crippen molar-refractivity contribution in [1.82, 2.24) is 0 Å². The van der Waals surface area contributed by atoms with Gasteiger partial charge in [0.15, 0.2) is 8.32 Å². The lowest BCUT2D eigenvalue weighted by Gasteiger charge is -2.36. The van der Waals surface area contributed by atoms with Gasteiger partial charge in [0.1, 0.15) is 12.4 Å². The van der Waals surface area contributed by atoms with Gasteiger partial charge in [-0.15, -0.1) is 0 Å². The number of rotatable bonds is 5. The minimum atomic E-state index is -1.70. The molecule has 0 aromatic carbocycles. The van der Waals surface area contributed by atoms with Crippen molar-refractivity contribution in [3.63, 3.8) is 0 Å². The molecule has 0 aromatic rings. The normalized spacial score (nSPS) is 34.3. The van der Waals surface area contributed by atoms with Crippen LogP contribution in [0.5, 0.6) is 0 Å². The van der Waals surface area contributed by atoms with Gasteiger partial charge >= 0.3 is 0 Å². The average molecular weight is 314 g/mol. The Balaban J connectivity index is 1.77. The second kappa shape index (κ2) is 6.48. The van der Waals surface area contributed by atoms with E-state index in [9.17, 15) is 4.79 Å². The Labute approximate surface area is 129 Å². The first-order valence-electron chi connectivity index (χ1n) is 8.13. The van der Waals surface area contributed by atoms with E-state index in [0.717, 1.165) is 32.0 Å². The summed E-state index contributed by atoms with van der Waals surface area (Å²) in [6, 6.07) is 0. The molecule has 2 fully saturated rings. The maximum Gasteiger partial charge on any atom is 0.192 e. The van der Waals surface area contributed by atoms with Crippen LogP contribution in [0.25, 0.3) is 0 Å². The van der Waals surface area contributed by atoms with E-state index in [2.05, 4.69) is 33.9 Å². The summed E-state index contributed by atoms with van der Waals surface area (Å²) in [5, 5.41) is 0.233. The number of carbonyl (C=O) groups is 1. The first-order chi connectivity index (χ1) is 9.73. The minimum Gasteiger partial charge on any atom is -0.414 e. The van der Waals surface area contributed by atoms with Crippen molar-refractivity contribution in [2.45, 2.75) is 89.0 Å². The Hall–Kier alpha value is -0.233. The van der Waals surface area contributed by atoms with Gasteiger partial charge in [-0.05, 0) is 43.8 Å². The lowest BCUT2D eigenvalue weighted by atomic mass is 10.1. The molecule has 0 aliphatic carbocycles. The topological polar surface area (TPSA) is 44.8 Å². The lowest BCUT2D eigenvalue weighted by Crippen LogP contribution is -2.42. The first-order valence-corrected chi connectivity index (χ1v) is 11.0. The molecule has 0 amide bonds. The third-order valence-electron chi connectivity index (χ3n) is 5.23. The Morgan fingerprint density at radius 2 is 1.71 bits per heavy atom. The van der Waals surface area contributed by atoms with Crippen molar-refractivity contribution >= 4 is 14.6 Å². The van der Waals surface area contributed by atoms with Crippen molar-refractivity contribution < 1.29 is 18.7 Å². The third-order valence-corrected chi connectivity index (χ3v) is 9.73. The molecular weight excluding hydrogens is 284 g/mol. The van der Waals surface area contributed by atoms with Gasteiger partial charge < -0.3 is 18.7 Å². The van der Waals surface area contributed by atoms with Gasteiger partial charge in [-0.1, -0.05) is 20.8 Å². The van der Waals surface area contributed by atoms with E-state index in [0.29, 0.717) is 6.61 Å². The third kappa shape index (κ3) is 4.15. The van der Waals surface area contributed by atoms with E-state index < -0.39 is 8.32 Å². The molecule has 4 nitrogen and oxygen atoms in total. The highest BCUT2D eigenvalue weighted by Gasteiger charge is 2.40. The van der Waals surface area contributed by atoms with Gasteiger partial charge in [0.2, 0.25) is 0 Å². The Bertz CT molecular complexity index is 364. The average Bonchev–Trinajstić information content (AvgIpc) is 3.03. The number of hydrogen-bond donors (Lipinski definition) is 0. The fourth-order valence-electron chi connectivity index (χ4n) is 2.71. The molecule has 0 N–H and O–H groups in total. The van der Waals surface area contributed by atoms with Crippen LogP contribution >= 0.6 is 0 Å². The van der Waals surface area contributed by atoms with Crippen LogP contribution in [0.15, 0.2) is 0 Å². The number of carbonyl (C=O) groups excluding carboxylic acids is 1. The van der Waals surface area contributed by atoms with Gasteiger partial charge in [-0.25, -0.2) is 0 Å². The van der Waals surface area contributed by atoms with Gasteiger partial charge in [0, 0.05) is 0 Å². The molecule has 2 aliphatic heterocycles. The molecule has 21 heavy (non-hydrogen) atoms. The zero-order valence-electron chi connectivity index (χ0n) is 14.1. The molecule has 2 aliphatic rings. The van der Waals surface area contributed by atoms with Crippen LogP contribution in [0.3, 0.4) is 0 Å². The van der Waals surface area contributed by atoms with Crippen LogP contribution in [0.1, 0.15) is 46.5 Å². The molecule has 2 heterocycles. The predicted molar refractivity (Wildman–Crippen MR) is 85.0 cm³/mol. The lowest BCUT2D eigenvalue weighted by molar-refractivity contribution is -0.122. The first kappa shape index (κ1) is 17.1. The van der Waals surface area contributed by atoms with E-state index in [1.54, 1.807) is 0 Å². The summed E-state index contributed by atoms with van der Waals surface area (Å²) in [6.45, 7) is 12.0. The second-order valence-corrected chi connectivity index (χ2v) is 12.7. The largest absolute Gasteiger partial charge is 0.414 e. The molecular formula is C16H30O4Si. The summed E-state index contributed by atoms with van der Waals surface area (Å²) >= 11 is 0. The van der Waals surface area contributed by atoms with Crippen LogP contribution in [-0.2, 0) is 18.7 Å². The smallest absolute Gasteiger partial charge is 0.192 e. The fraction of sp³-hybridized carbons (Fsp3) is 0.938. The summed E-state index contributed by atoms with van der Waals surface area (Å²) in [7, 11) is -1.70. The van der Waals surface area contributed by atoms with E-state index in [1.165, 1.54) is 0 Å². The van der Waals surface area contributed by atoms with Crippen molar-refractivity contribution in [2.75, 3.05) is 6.61 Å². The number of ether oxygens (including phenoxy) is 2. The SMILES string of the molecule is CC(C)(C)[Si](C)(C)OC[C@H]1CC[C@H]([C@H]2CC[C@H](C=O)O2)O1. The maximum atomic E-state index is 10.8. The molecule has 0 spiro atoms. The van der Waals surface area contributed by atoms with Crippen LogP contribution in [0, 0.1) is 0 Å². The summed E-state index contributed by atoms with van der Waals surface area (Å²) in [6.07, 6.45) is 4.92. The number of aldehydes is 1. The van der Waals surface area contributed by atoms with Crippen LogP contribution < -0.4 is 0 Å². The zero-order valence-corrected chi connectivity index (χ0v) is 15.1. The monoisotopic (exact) mass is 314 g/mol. The van der Waals surface area contributed by atoms with Crippen LogP contribution in [0.4, 0.5) is 0 Å². The van der Waals surface area contributed by atoms with Crippen molar-refractivity contribution in [1.29, 1.82) is 0 Å². The van der Waals surface area contributed by atoms with E-state index in [4.69, 9.17) is 13.9 Å². The van der Waals surface area contributed by atoms with Crippen molar-refractivity contribution in [3.05, 3.63) is 0 Å². The quantitative estimate of drug-likeness (QED) is 0.577. The molecule has 0 saturated carbocycles. The Kier molecular flexibility index (Phi) is 5.29. The molecule has 0 bridgehead atoms. The summed E-state index contributed by atoms with van der Waals surface area (Å²) < 4.78 is 18.1. The van der Waals surface area contributed by atoms with E-state index in [1.807, 2.05) is 0 Å². The second-order valence-electron chi connectivity index (χ2n) is 7.87. The summed E-state index contributed by atoms with van der Waals surface area (Å²) in [5.74, 6) is 0. The Morgan fingerprint density at radius 3 is 2.29 bits per heavy atom. The highest BCUT2D eigenvalue weighted by Crippen LogP contribution is 2.37.